The second-order valence-corrected chi connectivity index (χ2v) is 4.98. The molecule has 1 atom stereocenters. The molecule has 0 aromatic heterocycles. The highest BCUT2D eigenvalue weighted by Gasteiger charge is 2.29. The van der Waals surface area contributed by atoms with Crippen molar-refractivity contribution in [3.05, 3.63) is 34.9 Å². The monoisotopic (exact) mass is 238 g/mol. The highest BCUT2D eigenvalue weighted by molar-refractivity contribution is 6.30. The minimum atomic E-state index is -0.679. The van der Waals surface area contributed by atoms with Crippen molar-refractivity contribution >= 4 is 17.6 Å². The van der Waals surface area contributed by atoms with Gasteiger partial charge in [0, 0.05) is 5.02 Å². The maximum atomic E-state index is 11.1. The molecule has 3 heteroatoms. The lowest BCUT2D eigenvalue weighted by Crippen LogP contribution is -2.17. The lowest BCUT2D eigenvalue weighted by Gasteiger charge is -2.11. The maximum Gasteiger partial charge on any atom is 0.306 e. The first-order valence-corrected chi connectivity index (χ1v) is 6.00. The molecule has 2 nitrogen and oxygen atoms in total. The zero-order valence-corrected chi connectivity index (χ0v) is 9.78. The van der Waals surface area contributed by atoms with Gasteiger partial charge in [0.1, 0.15) is 0 Å². The molecule has 0 radical (unpaired) electrons. The molecular weight excluding hydrogens is 224 g/mol. The standard InChI is InChI=1S/C13H15ClO2/c14-12-5-3-10(4-6-12)8-11(13(15)16)7-9-1-2-9/h3-6,9,11H,1-2,7-8H2,(H,15,16). The molecule has 1 unspecified atom stereocenters. The summed E-state index contributed by atoms with van der Waals surface area (Å²) in [7, 11) is 0. The average molecular weight is 239 g/mol. The van der Waals surface area contributed by atoms with Gasteiger partial charge < -0.3 is 5.11 Å². The highest BCUT2D eigenvalue weighted by Crippen LogP contribution is 2.36. The summed E-state index contributed by atoms with van der Waals surface area (Å²) in [5.41, 5.74) is 1.05. The Morgan fingerprint density at radius 3 is 2.50 bits per heavy atom. The predicted molar refractivity (Wildman–Crippen MR) is 63.6 cm³/mol. The summed E-state index contributed by atoms with van der Waals surface area (Å²) in [6.45, 7) is 0. The van der Waals surface area contributed by atoms with Gasteiger partial charge in [0.05, 0.1) is 5.92 Å². The normalized spacial score (nSPS) is 17.1. The van der Waals surface area contributed by atoms with Crippen LogP contribution in [0.2, 0.25) is 5.02 Å². The van der Waals surface area contributed by atoms with Gasteiger partial charge in [-0.15, -0.1) is 0 Å². The van der Waals surface area contributed by atoms with E-state index in [0.717, 1.165) is 12.0 Å². The van der Waals surface area contributed by atoms with Gasteiger partial charge >= 0.3 is 5.97 Å². The van der Waals surface area contributed by atoms with E-state index in [1.165, 1.54) is 12.8 Å². The minimum Gasteiger partial charge on any atom is -0.481 e. The van der Waals surface area contributed by atoms with Gasteiger partial charge in [0.25, 0.3) is 0 Å². The highest BCUT2D eigenvalue weighted by atomic mass is 35.5. The molecule has 0 saturated heterocycles. The van der Waals surface area contributed by atoms with Crippen molar-refractivity contribution < 1.29 is 9.90 Å². The number of hydrogen-bond donors (Lipinski definition) is 1. The van der Waals surface area contributed by atoms with Crippen molar-refractivity contribution in [1.29, 1.82) is 0 Å². The molecule has 86 valence electrons. The van der Waals surface area contributed by atoms with E-state index in [9.17, 15) is 4.79 Å². The summed E-state index contributed by atoms with van der Waals surface area (Å²) in [6.07, 6.45) is 3.83. The first kappa shape index (κ1) is 11.5. The van der Waals surface area contributed by atoms with Gasteiger partial charge in [-0.2, -0.15) is 0 Å². The van der Waals surface area contributed by atoms with Crippen LogP contribution in [0.5, 0.6) is 0 Å². The molecule has 1 aromatic rings. The van der Waals surface area contributed by atoms with Gasteiger partial charge in [0.15, 0.2) is 0 Å². The third-order valence-corrected chi connectivity index (χ3v) is 3.31. The predicted octanol–water partition coefficient (Wildman–Crippen LogP) is 3.38. The van der Waals surface area contributed by atoms with Crippen LogP contribution in [0.15, 0.2) is 24.3 Å². The summed E-state index contributed by atoms with van der Waals surface area (Å²) in [5, 5.41) is 9.83. The molecule has 16 heavy (non-hydrogen) atoms. The molecular formula is C13H15ClO2. The Labute approximate surface area is 100 Å². The molecule has 1 fully saturated rings. The fraction of sp³-hybridized carbons (Fsp3) is 0.462. The molecule has 2 rings (SSSR count). The van der Waals surface area contributed by atoms with Crippen LogP contribution in [-0.2, 0) is 11.2 Å². The zero-order valence-electron chi connectivity index (χ0n) is 9.03. The van der Waals surface area contributed by atoms with E-state index in [1.54, 1.807) is 0 Å². The van der Waals surface area contributed by atoms with Crippen molar-refractivity contribution in [2.24, 2.45) is 11.8 Å². The van der Waals surface area contributed by atoms with E-state index in [1.807, 2.05) is 24.3 Å². The van der Waals surface area contributed by atoms with E-state index in [-0.39, 0.29) is 5.92 Å². The van der Waals surface area contributed by atoms with E-state index in [2.05, 4.69) is 0 Å². The fourth-order valence-electron chi connectivity index (χ4n) is 1.93. The molecule has 1 aliphatic carbocycles. The lowest BCUT2D eigenvalue weighted by atomic mass is 9.94. The third-order valence-electron chi connectivity index (χ3n) is 3.06. The van der Waals surface area contributed by atoms with Crippen molar-refractivity contribution in [2.45, 2.75) is 25.7 Å². The number of carboxylic acids is 1. The van der Waals surface area contributed by atoms with Crippen LogP contribution in [0.4, 0.5) is 0 Å². The molecule has 1 N–H and O–H groups in total. The van der Waals surface area contributed by atoms with E-state index in [0.29, 0.717) is 17.4 Å². The van der Waals surface area contributed by atoms with Crippen LogP contribution in [-0.4, -0.2) is 11.1 Å². The molecule has 0 amide bonds. The Morgan fingerprint density at radius 2 is 2.00 bits per heavy atom. The number of benzene rings is 1. The van der Waals surface area contributed by atoms with Gasteiger partial charge in [-0.05, 0) is 36.5 Å². The molecule has 1 aromatic carbocycles. The van der Waals surface area contributed by atoms with E-state index >= 15 is 0 Å². The second-order valence-electron chi connectivity index (χ2n) is 4.54. The summed E-state index contributed by atoms with van der Waals surface area (Å²) >= 11 is 5.79. The van der Waals surface area contributed by atoms with Crippen LogP contribution >= 0.6 is 11.6 Å². The lowest BCUT2D eigenvalue weighted by molar-refractivity contribution is -0.142. The van der Waals surface area contributed by atoms with Crippen LogP contribution in [0.3, 0.4) is 0 Å². The first-order valence-electron chi connectivity index (χ1n) is 5.62. The van der Waals surface area contributed by atoms with Crippen LogP contribution in [0.25, 0.3) is 0 Å². The largest absolute Gasteiger partial charge is 0.481 e. The Morgan fingerprint density at radius 1 is 1.38 bits per heavy atom. The number of aliphatic carboxylic acids is 1. The molecule has 0 spiro atoms. The summed E-state index contributed by atoms with van der Waals surface area (Å²) in [6, 6.07) is 7.44. The van der Waals surface area contributed by atoms with Gasteiger partial charge in [0.2, 0.25) is 0 Å². The van der Waals surface area contributed by atoms with Crippen LogP contribution in [0.1, 0.15) is 24.8 Å². The van der Waals surface area contributed by atoms with Crippen molar-refractivity contribution in [2.75, 3.05) is 0 Å². The molecule has 1 aliphatic rings. The van der Waals surface area contributed by atoms with Gasteiger partial charge in [-0.25, -0.2) is 0 Å². The summed E-state index contributed by atoms with van der Waals surface area (Å²) < 4.78 is 0. The van der Waals surface area contributed by atoms with Crippen molar-refractivity contribution in [1.82, 2.24) is 0 Å². The Kier molecular flexibility index (Phi) is 3.49. The van der Waals surface area contributed by atoms with Crippen molar-refractivity contribution in [3.8, 4) is 0 Å². The minimum absolute atomic E-state index is 0.242. The third kappa shape index (κ3) is 3.24. The van der Waals surface area contributed by atoms with Gasteiger partial charge in [-0.3, -0.25) is 4.79 Å². The Balaban J connectivity index is 1.98. The fourth-order valence-corrected chi connectivity index (χ4v) is 2.06. The topological polar surface area (TPSA) is 37.3 Å². The average Bonchev–Trinajstić information content (AvgIpc) is 3.04. The zero-order chi connectivity index (χ0) is 11.5. The molecule has 0 heterocycles. The van der Waals surface area contributed by atoms with Crippen molar-refractivity contribution in [3.63, 3.8) is 0 Å². The number of hydrogen-bond acceptors (Lipinski definition) is 1. The number of carboxylic acid groups (broad SMARTS) is 1. The van der Waals surface area contributed by atoms with Gasteiger partial charge in [-0.1, -0.05) is 36.6 Å². The van der Waals surface area contributed by atoms with E-state index in [4.69, 9.17) is 16.7 Å². The molecule has 1 saturated carbocycles. The number of carbonyl (C=O) groups is 1. The Bertz CT molecular complexity index is 368. The SMILES string of the molecule is O=C(O)C(Cc1ccc(Cl)cc1)CC1CC1. The smallest absolute Gasteiger partial charge is 0.306 e. The number of halogens is 1. The quantitative estimate of drug-likeness (QED) is 0.854. The summed E-state index contributed by atoms with van der Waals surface area (Å²) in [5.74, 6) is -0.274. The molecule has 0 bridgehead atoms. The Hall–Kier alpha value is -1.02. The second kappa shape index (κ2) is 4.88. The number of rotatable bonds is 5. The van der Waals surface area contributed by atoms with Crippen LogP contribution in [0, 0.1) is 11.8 Å². The first-order chi connectivity index (χ1) is 7.65. The summed E-state index contributed by atoms with van der Waals surface area (Å²) in [4.78, 5) is 11.1. The van der Waals surface area contributed by atoms with Crippen LogP contribution < -0.4 is 0 Å². The molecule has 0 aliphatic heterocycles. The maximum absolute atomic E-state index is 11.1. The van der Waals surface area contributed by atoms with E-state index < -0.39 is 5.97 Å².